The second-order valence-corrected chi connectivity index (χ2v) is 7.20. The first kappa shape index (κ1) is 19.2. The molecule has 1 amide bonds. The lowest BCUT2D eigenvalue weighted by molar-refractivity contribution is -0.119. The number of aryl methyl sites for hydroxylation is 2. The molecule has 0 bridgehead atoms. The lowest BCUT2D eigenvalue weighted by Gasteiger charge is -2.13. The number of anilines is 1. The van der Waals surface area contributed by atoms with E-state index in [1.54, 1.807) is 18.2 Å². The van der Waals surface area contributed by atoms with Crippen LogP contribution >= 0.6 is 11.3 Å². The van der Waals surface area contributed by atoms with Crippen LogP contribution < -0.4 is 14.8 Å². The van der Waals surface area contributed by atoms with Gasteiger partial charge in [-0.1, -0.05) is 0 Å². The van der Waals surface area contributed by atoms with Crippen LogP contribution in [0.5, 0.6) is 11.5 Å². The lowest BCUT2D eigenvalue weighted by Crippen LogP contribution is -2.20. The molecule has 0 saturated heterocycles. The predicted octanol–water partition coefficient (Wildman–Crippen LogP) is 3.83. The third kappa shape index (κ3) is 4.80. The van der Waals surface area contributed by atoms with Gasteiger partial charge in [-0.05, 0) is 56.9 Å². The number of esters is 1. The molecule has 0 fully saturated rings. The summed E-state index contributed by atoms with van der Waals surface area (Å²) in [6.45, 7) is 4.44. The molecule has 1 heterocycles. The summed E-state index contributed by atoms with van der Waals surface area (Å²) >= 11 is 1.46. The number of thiophene rings is 1. The molecule has 1 aromatic carbocycles. The molecule has 0 saturated carbocycles. The van der Waals surface area contributed by atoms with E-state index >= 15 is 0 Å². The van der Waals surface area contributed by atoms with Crippen molar-refractivity contribution in [2.75, 3.05) is 25.1 Å². The van der Waals surface area contributed by atoms with Crippen molar-refractivity contribution < 1.29 is 23.8 Å². The van der Waals surface area contributed by atoms with Crippen LogP contribution in [0.4, 0.5) is 5.69 Å². The van der Waals surface area contributed by atoms with Gasteiger partial charge in [0.2, 0.25) is 0 Å². The number of ether oxygens (including phenoxy) is 3. The second-order valence-electron chi connectivity index (χ2n) is 6.06. The first-order valence-electron chi connectivity index (χ1n) is 9.09. The molecule has 1 aliphatic rings. The maximum Gasteiger partial charge on any atom is 0.348 e. The van der Waals surface area contributed by atoms with Crippen molar-refractivity contribution in [3.8, 4) is 11.5 Å². The van der Waals surface area contributed by atoms with Crippen LogP contribution in [0.2, 0.25) is 0 Å². The van der Waals surface area contributed by atoms with Crippen LogP contribution in [0.3, 0.4) is 0 Å². The van der Waals surface area contributed by atoms with Gasteiger partial charge in [0, 0.05) is 16.6 Å². The standard InChI is InChI=1S/C20H23NO5S/c1-3-24-15-9-8-14(11-16(15)25-4-2)21-19(22)12-26-20(23)18-10-13-6-5-7-17(13)27-18/h8-11H,3-7,12H2,1-2H3,(H,21,22). The number of nitrogens with one attached hydrogen (secondary N) is 1. The summed E-state index contributed by atoms with van der Waals surface area (Å²) < 4.78 is 16.2. The summed E-state index contributed by atoms with van der Waals surface area (Å²) in [4.78, 5) is 26.1. The highest BCUT2D eigenvalue weighted by atomic mass is 32.1. The van der Waals surface area contributed by atoms with E-state index in [1.807, 2.05) is 19.9 Å². The normalized spacial score (nSPS) is 12.4. The summed E-state index contributed by atoms with van der Waals surface area (Å²) in [5.74, 6) is 0.321. The van der Waals surface area contributed by atoms with E-state index in [4.69, 9.17) is 14.2 Å². The minimum absolute atomic E-state index is 0.335. The van der Waals surface area contributed by atoms with E-state index in [9.17, 15) is 9.59 Å². The van der Waals surface area contributed by atoms with Crippen molar-refractivity contribution in [3.05, 3.63) is 39.6 Å². The summed E-state index contributed by atoms with van der Waals surface area (Å²) in [5.41, 5.74) is 1.78. The molecular weight excluding hydrogens is 366 g/mol. The molecular formula is C20H23NO5S. The SMILES string of the molecule is CCOc1ccc(NC(=O)COC(=O)c2cc3c(s2)CCC3)cc1OCC. The molecule has 27 heavy (non-hydrogen) atoms. The molecule has 0 atom stereocenters. The first-order valence-corrected chi connectivity index (χ1v) is 9.90. The van der Waals surface area contributed by atoms with Gasteiger partial charge >= 0.3 is 5.97 Å². The Morgan fingerprint density at radius 2 is 1.85 bits per heavy atom. The van der Waals surface area contributed by atoms with Gasteiger partial charge in [0.15, 0.2) is 18.1 Å². The topological polar surface area (TPSA) is 73.9 Å². The number of fused-ring (bicyclic) bond motifs is 1. The average Bonchev–Trinajstić information content (AvgIpc) is 3.24. The zero-order chi connectivity index (χ0) is 19.2. The Morgan fingerprint density at radius 1 is 1.07 bits per heavy atom. The number of carbonyl (C=O) groups excluding carboxylic acids is 2. The molecule has 1 aliphatic carbocycles. The zero-order valence-corrected chi connectivity index (χ0v) is 16.3. The third-order valence-electron chi connectivity index (χ3n) is 4.11. The molecule has 0 unspecified atom stereocenters. The van der Waals surface area contributed by atoms with Gasteiger partial charge in [-0.15, -0.1) is 11.3 Å². The molecule has 1 N–H and O–H groups in total. The highest BCUT2D eigenvalue weighted by Crippen LogP contribution is 2.31. The fourth-order valence-corrected chi connectivity index (χ4v) is 4.11. The zero-order valence-electron chi connectivity index (χ0n) is 15.5. The van der Waals surface area contributed by atoms with Crippen molar-refractivity contribution in [1.29, 1.82) is 0 Å². The number of amides is 1. The quantitative estimate of drug-likeness (QED) is 0.695. The van der Waals surface area contributed by atoms with E-state index in [0.717, 1.165) is 19.3 Å². The molecule has 0 radical (unpaired) electrons. The Labute approximate surface area is 162 Å². The largest absolute Gasteiger partial charge is 0.490 e. The average molecular weight is 389 g/mol. The Morgan fingerprint density at radius 3 is 2.59 bits per heavy atom. The van der Waals surface area contributed by atoms with Crippen LogP contribution in [0, 0.1) is 0 Å². The van der Waals surface area contributed by atoms with Gasteiger partial charge in [-0.3, -0.25) is 4.79 Å². The summed E-state index contributed by atoms with van der Waals surface area (Å²) in [7, 11) is 0. The van der Waals surface area contributed by atoms with Crippen molar-refractivity contribution in [1.82, 2.24) is 0 Å². The minimum atomic E-state index is -0.453. The number of hydrogen-bond acceptors (Lipinski definition) is 6. The van der Waals surface area contributed by atoms with E-state index in [0.29, 0.717) is 35.3 Å². The van der Waals surface area contributed by atoms with Crippen molar-refractivity contribution >= 4 is 28.9 Å². The Hall–Kier alpha value is -2.54. The molecule has 144 valence electrons. The number of rotatable bonds is 8. The smallest absolute Gasteiger partial charge is 0.348 e. The molecule has 0 spiro atoms. The highest BCUT2D eigenvalue weighted by Gasteiger charge is 2.20. The number of benzene rings is 1. The van der Waals surface area contributed by atoms with Crippen molar-refractivity contribution in [3.63, 3.8) is 0 Å². The molecule has 1 aromatic heterocycles. The van der Waals surface area contributed by atoms with Gasteiger partial charge in [0.1, 0.15) is 4.88 Å². The van der Waals surface area contributed by atoms with Crippen LogP contribution in [0.1, 0.15) is 40.4 Å². The monoisotopic (exact) mass is 389 g/mol. The molecule has 6 nitrogen and oxygen atoms in total. The molecule has 0 aliphatic heterocycles. The van der Waals surface area contributed by atoms with Gasteiger partial charge in [-0.2, -0.15) is 0 Å². The van der Waals surface area contributed by atoms with Gasteiger partial charge in [0.25, 0.3) is 5.91 Å². The maximum absolute atomic E-state index is 12.1. The number of carbonyl (C=O) groups is 2. The maximum atomic E-state index is 12.1. The van der Waals surface area contributed by atoms with Crippen molar-refractivity contribution in [2.24, 2.45) is 0 Å². The molecule has 2 aromatic rings. The van der Waals surface area contributed by atoms with Gasteiger partial charge in [-0.25, -0.2) is 4.79 Å². The predicted molar refractivity (Wildman–Crippen MR) is 104 cm³/mol. The summed E-state index contributed by atoms with van der Waals surface area (Å²) in [6.07, 6.45) is 3.18. The van der Waals surface area contributed by atoms with Gasteiger partial charge < -0.3 is 19.5 Å². The Balaban J connectivity index is 1.55. The highest BCUT2D eigenvalue weighted by molar-refractivity contribution is 7.14. The Bertz CT molecular complexity index is 808. The van der Waals surface area contributed by atoms with Crippen LogP contribution in [0.15, 0.2) is 24.3 Å². The van der Waals surface area contributed by atoms with Crippen molar-refractivity contribution in [2.45, 2.75) is 33.1 Å². The molecule has 3 rings (SSSR count). The van der Waals surface area contributed by atoms with Crippen LogP contribution in [-0.2, 0) is 22.4 Å². The summed E-state index contributed by atoms with van der Waals surface area (Å²) in [5, 5.41) is 2.71. The van der Waals surface area contributed by atoms with Gasteiger partial charge in [0.05, 0.1) is 13.2 Å². The van der Waals surface area contributed by atoms with E-state index in [1.165, 1.54) is 21.8 Å². The third-order valence-corrected chi connectivity index (χ3v) is 5.33. The summed E-state index contributed by atoms with van der Waals surface area (Å²) in [6, 6.07) is 7.03. The first-order chi connectivity index (χ1) is 13.1. The fourth-order valence-electron chi connectivity index (χ4n) is 2.96. The van der Waals surface area contributed by atoms with E-state index in [2.05, 4.69) is 5.32 Å². The second kappa shape index (κ2) is 8.90. The lowest BCUT2D eigenvalue weighted by atomic mass is 10.2. The number of hydrogen-bond donors (Lipinski definition) is 1. The Kier molecular flexibility index (Phi) is 6.34. The fraction of sp³-hybridized carbons (Fsp3) is 0.400. The van der Waals surface area contributed by atoms with Crippen LogP contribution in [0.25, 0.3) is 0 Å². The van der Waals surface area contributed by atoms with E-state index in [-0.39, 0.29) is 6.61 Å². The van der Waals surface area contributed by atoms with Crippen LogP contribution in [-0.4, -0.2) is 31.7 Å². The van der Waals surface area contributed by atoms with E-state index < -0.39 is 11.9 Å². The molecule has 7 heteroatoms. The minimum Gasteiger partial charge on any atom is -0.490 e.